The average Bonchev–Trinajstić information content (AvgIpc) is 2.90. The van der Waals surface area contributed by atoms with E-state index in [4.69, 9.17) is 0 Å². The van der Waals surface area contributed by atoms with E-state index in [0.29, 0.717) is 0 Å². The lowest BCUT2D eigenvalue weighted by molar-refractivity contribution is -0.246. The molecular formula is C36H57N3O9. The smallest absolute Gasteiger partial charge is 0.336 e. The maximum Gasteiger partial charge on any atom is 0.336 e. The van der Waals surface area contributed by atoms with Gasteiger partial charge in [-0.3, -0.25) is 0 Å². The fourth-order valence-electron chi connectivity index (χ4n) is 10.1. The standard InChI is InChI=1S/C36H57N3O9/c1-31(2)13-19(14-32(3,4)37(31)46)22-25(28(40)41)23(20-15-33(5,6)38(47)34(7,8)16-20)27(30(44)45)24(26(22)29(42)43)21-17-35(9,10)39(48)36(11,12)18-21/h19-21,46-48H,13-18H2,1-12H3,(H,40,41)(H,42,43)(H,44,45). The number of carbonyl (C=O) groups is 3. The summed E-state index contributed by atoms with van der Waals surface area (Å²) in [5.74, 6) is -6.21. The molecule has 1 aromatic rings. The Labute approximate surface area is 284 Å². The third kappa shape index (κ3) is 6.28. The van der Waals surface area contributed by atoms with E-state index in [1.54, 1.807) is 0 Å². The topological polar surface area (TPSA) is 182 Å². The van der Waals surface area contributed by atoms with E-state index in [1.165, 1.54) is 15.2 Å². The van der Waals surface area contributed by atoms with Gasteiger partial charge in [0, 0.05) is 33.2 Å². The van der Waals surface area contributed by atoms with Crippen LogP contribution in [0.3, 0.4) is 0 Å². The Kier molecular flexibility index (Phi) is 9.34. The van der Waals surface area contributed by atoms with E-state index in [1.807, 2.05) is 83.1 Å². The van der Waals surface area contributed by atoms with Crippen LogP contribution >= 0.6 is 0 Å². The average molecular weight is 676 g/mol. The molecule has 270 valence electrons. The van der Waals surface area contributed by atoms with Crippen molar-refractivity contribution in [2.24, 2.45) is 0 Å². The molecule has 0 saturated carbocycles. The van der Waals surface area contributed by atoms with Gasteiger partial charge in [-0.25, -0.2) is 14.4 Å². The maximum atomic E-state index is 13.6. The van der Waals surface area contributed by atoms with Crippen LogP contribution in [0.25, 0.3) is 0 Å². The molecule has 3 fully saturated rings. The Bertz CT molecular complexity index is 1260. The number of hydrogen-bond donors (Lipinski definition) is 6. The lowest BCUT2D eigenvalue weighted by Gasteiger charge is -2.54. The first-order valence-electron chi connectivity index (χ1n) is 16.9. The van der Waals surface area contributed by atoms with Gasteiger partial charge >= 0.3 is 17.9 Å². The van der Waals surface area contributed by atoms with Crippen LogP contribution in [0.15, 0.2) is 0 Å². The summed E-state index contributed by atoms with van der Waals surface area (Å²) in [6, 6.07) is 0. The van der Waals surface area contributed by atoms with Crippen LogP contribution in [0.5, 0.6) is 0 Å². The minimum atomic E-state index is -1.41. The Morgan fingerprint density at radius 1 is 0.417 bits per heavy atom. The van der Waals surface area contributed by atoms with E-state index in [0.717, 1.165) is 0 Å². The highest BCUT2D eigenvalue weighted by molar-refractivity contribution is 6.06. The van der Waals surface area contributed by atoms with Gasteiger partial charge in [-0.15, -0.1) is 0 Å². The van der Waals surface area contributed by atoms with Gasteiger partial charge < -0.3 is 30.9 Å². The summed E-state index contributed by atoms with van der Waals surface area (Å²) >= 11 is 0. The zero-order valence-electron chi connectivity index (χ0n) is 30.7. The van der Waals surface area contributed by atoms with Crippen LogP contribution in [-0.4, -0.2) is 97.3 Å². The van der Waals surface area contributed by atoms with Crippen molar-refractivity contribution in [3.8, 4) is 0 Å². The van der Waals surface area contributed by atoms with Crippen molar-refractivity contribution in [2.45, 2.75) is 173 Å². The van der Waals surface area contributed by atoms with Gasteiger partial charge in [-0.2, -0.15) is 15.2 Å². The second kappa shape index (κ2) is 11.7. The first kappa shape index (κ1) is 38.2. The molecule has 0 radical (unpaired) electrons. The van der Waals surface area contributed by atoms with Crippen molar-refractivity contribution >= 4 is 17.9 Å². The molecule has 0 aromatic heterocycles. The summed E-state index contributed by atoms with van der Waals surface area (Å²) in [6.45, 7) is 21.8. The van der Waals surface area contributed by atoms with Gasteiger partial charge in [0.15, 0.2) is 0 Å². The molecule has 3 aliphatic heterocycles. The zero-order chi connectivity index (χ0) is 36.9. The molecule has 0 amide bonds. The Balaban J connectivity index is 2.25. The zero-order valence-corrected chi connectivity index (χ0v) is 30.7. The summed E-state index contributed by atoms with van der Waals surface area (Å²) in [4.78, 5) is 40.9. The van der Waals surface area contributed by atoms with E-state index < -0.39 is 68.9 Å². The molecule has 3 aliphatic rings. The van der Waals surface area contributed by atoms with Crippen molar-refractivity contribution < 1.29 is 45.3 Å². The molecule has 4 rings (SSSR count). The third-order valence-corrected chi connectivity index (χ3v) is 11.4. The molecule has 48 heavy (non-hydrogen) atoms. The highest BCUT2D eigenvalue weighted by atomic mass is 16.5. The van der Waals surface area contributed by atoms with E-state index in [-0.39, 0.29) is 71.9 Å². The summed E-state index contributed by atoms with van der Waals surface area (Å²) in [5.41, 5.74) is -5.90. The molecule has 1 aromatic carbocycles. The molecule has 0 atom stereocenters. The van der Waals surface area contributed by atoms with Gasteiger partial charge in [0.2, 0.25) is 0 Å². The van der Waals surface area contributed by atoms with Crippen LogP contribution in [0, 0.1) is 0 Å². The second-order valence-electron chi connectivity index (χ2n) is 18.4. The number of piperidine rings is 3. The fraction of sp³-hybridized carbons (Fsp3) is 0.750. The molecule has 0 bridgehead atoms. The van der Waals surface area contributed by atoms with E-state index >= 15 is 0 Å². The van der Waals surface area contributed by atoms with E-state index in [2.05, 4.69) is 0 Å². The molecule has 0 aliphatic carbocycles. The van der Waals surface area contributed by atoms with Crippen LogP contribution in [0.4, 0.5) is 0 Å². The van der Waals surface area contributed by atoms with Gasteiger partial charge in [0.1, 0.15) is 0 Å². The number of benzene rings is 1. The van der Waals surface area contributed by atoms with Gasteiger partial charge in [0.05, 0.1) is 16.7 Å². The number of hydrogen-bond acceptors (Lipinski definition) is 9. The highest BCUT2D eigenvalue weighted by Gasteiger charge is 2.53. The molecule has 12 heteroatoms. The number of nitrogens with zero attached hydrogens (tertiary/aromatic N) is 3. The molecule has 3 heterocycles. The predicted molar refractivity (Wildman–Crippen MR) is 179 cm³/mol. The van der Waals surface area contributed by atoms with E-state index in [9.17, 15) is 45.3 Å². The minimum absolute atomic E-state index is 0.0864. The Morgan fingerprint density at radius 2 is 0.562 bits per heavy atom. The first-order chi connectivity index (χ1) is 21.5. The van der Waals surface area contributed by atoms with Gasteiger partial charge in [-0.05, 0) is 156 Å². The first-order valence-corrected chi connectivity index (χ1v) is 16.9. The monoisotopic (exact) mass is 675 g/mol. The number of rotatable bonds is 6. The lowest BCUT2D eigenvalue weighted by atomic mass is 9.63. The largest absolute Gasteiger partial charge is 0.478 e. The SMILES string of the molecule is CC1(C)CC(c2c(C(=O)O)c(C3CC(C)(C)N(O)C(C)(C)C3)c(C(=O)O)c(C3CC(C)(C)N(O)C(C)(C)C3)c2C(=O)O)CC(C)(C)N1O. The number of carboxylic acid groups (broad SMARTS) is 3. The van der Waals surface area contributed by atoms with Gasteiger partial charge in [-0.1, -0.05) is 0 Å². The van der Waals surface area contributed by atoms with Crippen LogP contribution in [-0.2, 0) is 0 Å². The van der Waals surface area contributed by atoms with Crippen molar-refractivity contribution in [3.63, 3.8) is 0 Å². The summed E-state index contributed by atoms with van der Waals surface area (Å²) in [7, 11) is 0. The summed E-state index contributed by atoms with van der Waals surface area (Å²) in [5, 5.41) is 70.5. The van der Waals surface area contributed by atoms with Gasteiger partial charge in [0.25, 0.3) is 0 Å². The maximum absolute atomic E-state index is 13.6. The second-order valence-corrected chi connectivity index (χ2v) is 18.4. The molecule has 0 spiro atoms. The predicted octanol–water partition coefficient (Wildman–Crippen LogP) is 7.16. The third-order valence-electron chi connectivity index (χ3n) is 11.4. The van der Waals surface area contributed by atoms with Crippen molar-refractivity contribution in [2.75, 3.05) is 0 Å². The summed E-state index contributed by atoms with van der Waals surface area (Å²) in [6.07, 6.45) is 1.32. The fourth-order valence-corrected chi connectivity index (χ4v) is 10.1. The molecule has 3 saturated heterocycles. The number of carboxylic acids is 3. The molecule has 12 nitrogen and oxygen atoms in total. The number of aromatic carboxylic acids is 3. The lowest BCUT2D eigenvalue weighted by Crippen LogP contribution is -2.59. The van der Waals surface area contributed by atoms with Crippen molar-refractivity contribution in [1.82, 2.24) is 15.2 Å². The summed E-state index contributed by atoms with van der Waals surface area (Å²) < 4.78 is 0. The molecular weight excluding hydrogens is 618 g/mol. The van der Waals surface area contributed by atoms with Crippen LogP contribution < -0.4 is 0 Å². The Hall–Kier alpha value is -2.61. The van der Waals surface area contributed by atoms with Crippen LogP contribution in [0.1, 0.15) is 187 Å². The molecule has 0 unspecified atom stereocenters. The molecule has 6 N–H and O–H groups in total. The Morgan fingerprint density at radius 3 is 0.688 bits per heavy atom. The number of hydroxylamine groups is 6. The minimum Gasteiger partial charge on any atom is -0.478 e. The quantitative estimate of drug-likeness (QED) is 0.179. The van der Waals surface area contributed by atoms with Crippen LogP contribution in [0.2, 0.25) is 0 Å². The highest BCUT2D eigenvalue weighted by Crippen LogP contribution is 2.55. The van der Waals surface area contributed by atoms with Crippen molar-refractivity contribution in [3.05, 3.63) is 33.4 Å². The van der Waals surface area contributed by atoms with Crippen molar-refractivity contribution in [1.29, 1.82) is 0 Å². The normalized spacial score (nSPS) is 26.3.